The fourth-order valence-corrected chi connectivity index (χ4v) is 4.03. The van der Waals surface area contributed by atoms with E-state index in [0.29, 0.717) is 6.54 Å². The maximum Gasteiger partial charge on any atom is 0.279 e. The lowest BCUT2D eigenvalue weighted by Gasteiger charge is -2.14. The summed E-state index contributed by atoms with van der Waals surface area (Å²) < 4.78 is 5.60. The van der Waals surface area contributed by atoms with Crippen LogP contribution < -0.4 is 15.5 Å². The number of quaternary nitrogens is 2. The highest BCUT2D eigenvalue weighted by atomic mass is 16.3. The first-order valence-electron chi connectivity index (χ1n) is 10.4. The molecular weight excluding hydrogens is 362 g/mol. The van der Waals surface area contributed by atoms with Gasteiger partial charge in [-0.25, -0.2) is 0 Å². The Labute approximate surface area is 171 Å². The average Bonchev–Trinajstić information content (AvgIpc) is 3.45. The predicted octanol–water partition coefficient (Wildman–Crippen LogP) is 1.75. The van der Waals surface area contributed by atoms with Gasteiger partial charge in [0.05, 0.1) is 19.4 Å². The Bertz CT molecular complexity index is 886. The summed E-state index contributed by atoms with van der Waals surface area (Å²) >= 11 is 0. The molecule has 1 fully saturated rings. The number of furan rings is 1. The van der Waals surface area contributed by atoms with E-state index in [2.05, 4.69) is 29.6 Å². The van der Waals surface area contributed by atoms with E-state index in [1.165, 1.54) is 31.5 Å². The van der Waals surface area contributed by atoms with Crippen LogP contribution in [0.3, 0.4) is 0 Å². The molecule has 1 atom stereocenters. The molecule has 4 N–H and O–H groups in total. The van der Waals surface area contributed by atoms with Crippen LogP contribution in [0.5, 0.6) is 0 Å². The molecule has 3 aromatic rings. The second-order valence-corrected chi connectivity index (χ2v) is 7.72. The van der Waals surface area contributed by atoms with Gasteiger partial charge in [0.15, 0.2) is 18.3 Å². The molecule has 29 heavy (non-hydrogen) atoms. The summed E-state index contributed by atoms with van der Waals surface area (Å²) in [4.78, 5) is 14.2. The topological polar surface area (TPSA) is 63.3 Å². The first-order chi connectivity index (χ1) is 14.3. The molecule has 2 heterocycles. The van der Waals surface area contributed by atoms with Crippen LogP contribution in [0.25, 0.3) is 0 Å². The molecule has 1 amide bonds. The number of nitrogens with one attached hydrogen (secondary N) is 2. The second kappa shape index (κ2) is 9.54. The van der Waals surface area contributed by atoms with Crippen molar-refractivity contribution in [3.63, 3.8) is 0 Å². The van der Waals surface area contributed by atoms with Crippen LogP contribution in [-0.2, 0) is 11.3 Å². The van der Waals surface area contributed by atoms with E-state index in [9.17, 15) is 4.79 Å². The Morgan fingerprint density at radius 1 is 1.00 bits per heavy atom. The summed E-state index contributed by atoms with van der Waals surface area (Å²) in [7, 11) is 0. The molecular formula is C24H29N3O2+2. The predicted molar refractivity (Wildman–Crippen MR) is 112 cm³/mol. The fourth-order valence-electron chi connectivity index (χ4n) is 4.03. The molecule has 4 rings (SSSR count). The first kappa shape index (κ1) is 19.4. The summed E-state index contributed by atoms with van der Waals surface area (Å²) in [6.07, 6.45) is 4.34. The highest BCUT2D eigenvalue weighted by Gasteiger charge is 2.21. The van der Waals surface area contributed by atoms with Gasteiger partial charge in [0.1, 0.15) is 6.54 Å². The summed E-state index contributed by atoms with van der Waals surface area (Å²) in [5, 5.41) is 5.02. The summed E-state index contributed by atoms with van der Waals surface area (Å²) in [5.41, 5.74) is 3.29. The van der Waals surface area contributed by atoms with Crippen LogP contribution >= 0.6 is 0 Å². The second-order valence-electron chi connectivity index (χ2n) is 7.72. The number of likely N-dealkylation sites (tertiary alicyclic amines) is 1. The Morgan fingerprint density at radius 2 is 1.76 bits per heavy atom. The van der Waals surface area contributed by atoms with Gasteiger partial charge in [0.2, 0.25) is 0 Å². The molecule has 0 aliphatic carbocycles. The minimum Gasteiger partial charge on any atom is -0.463 e. The van der Waals surface area contributed by atoms with Gasteiger partial charge in [-0.15, -0.1) is 0 Å². The van der Waals surface area contributed by atoms with Gasteiger partial charge in [-0.3, -0.25) is 4.79 Å². The van der Waals surface area contributed by atoms with Crippen molar-refractivity contribution in [3.8, 4) is 0 Å². The van der Waals surface area contributed by atoms with E-state index in [-0.39, 0.29) is 11.9 Å². The third-order valence-electron chi connectivity index (χ3n) is 5.55. The van der Waals surface area contributed by atoms with Crippen LogP contribution in [0.4, 0.5) is 5.69 Å². The van der Waals surface area contributed by atoms with Crippen LogP contribution in [0.1, 0.15) is 35.8 Å². The van der Waals surface area contributed by atoms with Gasteiger partial charge in [-0.2, -0.15) is 0 Å². The normalized spacial score (nSPS) is 15.3. The van der Waals surface area contributed by atoms with Crippen LogP contribution in [-0.4, -0.2) is 25.5 Å². The lowest BCUT2D eigenvalue weighted by molar-refractivity contribution is -0.901. The molecule has 1 aliphatic rings. The van der Waals surface area contributed by atoms with E-state index < -0.39 is 0 Å². The molecule has 0 radical (unpaired) electrons. The van der Waals surface area contributed by atoms with Crippen molar-refractivity contribution >= 4 is 11.6 Å². The SMILES string of the molecule is O=C(C[NH2+][C@H](c1ccccc1)c1ccco1)Nc1ccc(C[NH+]2CCCC2)cc1. The van der Waals surface area contributed by atoms with Crippen LogP contribution in [0.15, 0.2) is 77.4 Å². The molecule has 5 heteroatoms. The zero-order valence-corrected chi connectivity index (χ0v) is 16.6. The van der Waals surface area contributed by atoms with Gasteiger partial charge >= 0.3 is 0 Å². The largest absolute Gasteiger partial charge is 0.463 e. The molecule has 2 aromatic carbocycles. The number of rotatable bonds is 8. The van der Waals surface area contributed by atoms with Crippen molar-refractivity contribution in [1.82, 2.24) is 0 Å². The number of anilines is 1. The summed E-state index contributed by atoms with van der Waals surface area (Å²) in [6, 6.07) is 22.2. The van der Waals surface area contributed by atoms with E-state index in [4.69, 9.17) is 4.42 Å². The molecule has 0 bridgehead atoms. The monoisotopic (exact) mass is 391 g/mol. The molecule has 0 unspecified atom stereocenters. The van der Waals surface area contributed by atoms with Gasteiger partial charge < -0.3 is 20.0 Å². The maximum absolute atomic E-state index is 12.5. The highest BCUT2D eigenvalue weighted by Crippen LogP contribution is 2.18. The molecule has 1 aromatic heterocycles. The minimum absolute atomic E-state index is 0.0181. The number of carbonyl (C=O) groups is 1. The van der Waals surface area contributed by atoms with Gasteiger partial charge in [-0.05, 0) is 24.3 Å². The summed E-state index contributed by atoms with van der Waals surface area (Å²) in [6.45, 7) is 3.93. The van der Waals surface area contributed by atoms with Crippen LogP contribution in [0.2, 0.25) is 0 Å². The molecule has 1 aliphatic heterocycles. The quantitative estimate of drug-likeness (QED) is 0.548. The van der Waals surface area contributed by atoms with Gasteiger partial charge in [0.25, 0.3) is 5.91 Å². The average molecular weight is 392 g/mol. The lowest BCUT2D eigenvalue weighted by atomic mass is 10.0. The number of hydrogen-bond donors (Lipinski definition) is 3. The molecule has 1 saturated heterocycles. The number of benzene rings is 2. The van der Waals surface area contributed by atoms with Crippen molar-refractivity contribution in [3.05, 3.63) is 89.9 Å². The van der Waals surface area contributed by atoms with E-state index in [1.807, 2.05) is 47.8 Å². The van der Waals surface area contributed by atoms with E-state index in [1.54, 1.807) is 11.2 Å². The van der Waals surface area contributed by atoms with Crippen LogP contribution in [0, 0.1) is 0 Å². The highest BCUT2D eigenvalue weighted by molar-refractivity contribution is 5.91. The van der Waals surface area contributed by atoms with E-state index >= 15 is 0 Å². The Balaban J connectivity index is 1.32. The number of nitrogens with two attached hydrogens (primary N) is 1. The molecule has 150 valence electrons. The third kappa shape index (κ3) is 5.34. The van der Waals surface area contributed by atoms with Crippen molar-refractivity contribution in [1.29, 1.82) is 0 Å². The van der Waals surface area contributed by atoms with Gasteiger partial charge in [0, 0.05) is 29.7 Å². The third-order valence-corrected chi connectivity index (χ3v) is 5.55. The summed E-state index contributed by atoms with van der Waals surface area (Å²) in [5.74, 6) is 0.827. The zero-order chi connectivity index (χ0) is 19.9. The number of amides is 1. The van der Waals surface area contributed by atoms with Gasteiger partial charge in [-0.1, -0.05) is 42.5 Å². The van der Waals surface area contributed by atoms with E-state index in [0.717, 1.165) is 23.6 Å². The maximum atomic E-state index is 12.5. The minimum atomic E-state index is -0.0391. The smallest absolute Gasteiger partial charge is 0.279 e. The Morgan fingerprint density at radius 3 is 2.45 bits per heavy atom. The lowest BCUT2D eigenvalue weighted by Crippen LogP contribution is -3.08. The van der Waals surface area contributed by atoms with Crippen molar-refractivity contribution in [2.24, 2.45) is 0 Å². The molecule has 0 saturated carbocycles. The number of carbonyl (C=O) groups excluding carboxylic acids is 1. The first-order valence-corrected chi connectivity index (χ1v) is 10.4. The standard InChI is InChI=1S/C24H27N3O2/c28-23(26-21-12-10-19(11-13-21)18-27-14-4-5-15-27)17-25-24(22-9-6-16-29-22)20-7-2-1-3-8-20/h1-3,6-13,16,24-25H,4-5,14-15,17-18H2,(H,26,28)/p+2/t24-/m1/s1. The molecule has 0 spiro atoms. The number of hydrogen-bond acceptors (Lipinski definition) is 2. The Hall–Kier alpha value is -2.89. The van der Waals surface area contributed by atoms with Crippen molar-refractivity contribution < 1.29 is 19.4 Å². The van der Waals surface area contributed by atoms with Crippen molar-refractivity contribution in [2.75, 3.05) is 25.0 Å². The Kier molecular flexibility index (Phi) is 6.39. The van der Waals surface area contributed by atoms with Crippen molar-refractivity contribution in [2.45, 2.75) is 25.4 Å². The fraction of sp³-hybridized carbons (Fsp3) is 0.292. The molecule has 5 nitrogen and oxygen atoms in total. The zero-order valence-electron chi connectivity index (χ0n) is 16.6.